The minimum atomic E-state index is -1.18. The molecule has 0 saturated carbocycles. The van der Waals surface area contributed by atoms with Gasteiger partial charge in [0.05, 0.1) is 6.61 Å². The normalized spacial score (nSPS) is 26.4. The van der Waals surface area contributed by atoms with Gasteiger partial charge in [0, 0.05) is 19.2 Å². The highest BCUT2D eigenvalue weighted by molar-refractivity contribution is 5.78. The summed E-state index contributed by atoms with van der Waals surface area (Å²) in [6.45, 7) is 3.30. The summed E-state index contributed by atoms with van der Waals surface area (Å²) in [5.74, 6) is -0.969. The summed E-state index contributed by atoms with van der Waals surface area (Å²) in [4.78, 5) is 12.7. The van der Waals surface area contributed by atoms with Crippen LogP contribution in [0.15, 0.2) is 0 Å². The summed E-state index contributed by atoms with van der Waals surface area (Å²) in [6, 6.07) is 0.303. The van der Waals surface area contributed by atoms with Crippen LogP contribution in [-0.4, -0.2) is 54.4 Å². The molecule has 14 heavy (non-hydrogen) atoms. The van der Waals surface area contributed by atoms with E-state index in [1.165, 1.54) is 6.92 Å². The molecule has 82 valence electrons. The van der Waals surface area contributed by atoms with E-state index in [0.717, 1.165) is 13.0 Å². The van der Waals surface area contributed by atoms with E-state index in [0.29, 0.717) is 19.2 Å². The Balaban J connectivity index is 2.46. The van der Waals surface area contributed by atoms with Crippen LogP contribution in [0.4, 0.5) is 0 Å². The number of nitrogens with two attached hydrogens (primary N) is 1. The summed E-state index contributed by atoms with van der Waals surface area (Å²) in [7, 11) is 1.88. The Morgan fingerprint density at radius 1 is 1.79 bits per heavy atom. The molecule has 1 heterocycles. The molecule has 0 aromatic carbocycles. The van der Waals surface area contributed by atoms with E-state index in [1.54, 1.807) is 0 Å². The van der Waals surface area contributed by atoms with Crippen molar-refractivity contribution in [2.45, 2.75) is 24.9 Å². The van der Waals surface area contributed by atoms with Crippen molar-refractivity contribution in [3.05, 3.63) is 0 Å². The van der Waals surface area contributed by atoms with Crippen LogP contribution in [0, 0.1) is 0 Å². The van der Waals surface area contributed by atoms with Gasteiger partial charge in [-0.2, -0.15) is 0 Å². The third-order valence-electron chi connectivity index (χ3n) is 2.60. The van der Waals surface area contributed by atoms with Gasteiger partial charge in [0.25, 0.3) is 0 Å². The Morgan fingerprint density at radius 3 is 2.86 bits per heavy atom. The number of carboxylic acid groups (broad SMARTS) is 1. The molecule has 0 aromatic rings. The Bertz CT molecular complexity index is 212. The van der Waals surface area contributed by atoms with Crippen molar-refractivity contribution in [3.8, 4) is 0 Å². The minimum absolute atomic E-state index is 0.303. The van der Waals surface area contributed by atoms with Crippen LogP contribution in [0.25, 0.3) is 0 Å². The van der Waals surface area contributed by atoms with Gasteiger partial charge < -0.3 is 15.6 Å². The molecule has 5 heteroatoms. The van der Waals surface area contributed by atoms with Crippen molar-refractivity contribution in [3.63, 3.8) is 0 Å². The second-order valence-electron chi connectivity index (χ2n) is 4.16. The average molecular weight is 202 g/mol. The number of hydrogen-bond acceptors (Lipinski definition) is 4. The van der Waals surface area contributed by atoms with Crippen molar-refractivity contribution in [1.29, 1.82) is 0 Å². The number of hydrogen-bond donors (Lipinski definition) is 2. The van der Waals surface area contributed by atoms with E-state index in [-0.39, 0.29) is 0 Å². The van der Waals surface area contributed by atoms with Gasteiger partial charge in [0.15, 0.2) is 0 Å². The lowest BCUT2D eigenvalue weighted by Gasteiger charge is -2.29. The smallest absolute Gasteiger partial charge is 0.324 e. The largest absolute Gasteiger partial charge is 0.480 e. The molecular weight excluding hydrogens is 184 g/mol. The molecule has 0 radical (unpaired) electrons. The van der Waals surface area contributed by atoms with Gasteiger partial charge in [-0.1, -0.05) is 0 Å². The number of aliphatic carboxylic acids is 1. The Labute approximate surface area is 83.8 Å². The SMILES string of the molecule is CN(CC(C)(N)C(=O)O)C1CCOC1. The van der Waals surface area contributed by atoms with E-state index >= 15 is 0 Å². The van der Waals surface area contributed by atoms with Crippen LogP contribution in [0.1, 0.15) is 13.3 Å². The number of carbonyl (C=O) groups is 1. The van der Waals surface area contributed by atoms with Crippen molar-refractivity contribution < 1.29 is 14.6 Å². The van der Waals surface area contributed by atoms with Gasteiger partial charge in [0.1, 0.15) is 5.54 Å². The Hall–Kier alpha value is -0.650. The molecule has 1 fully saturated rings. The number of likely N-dealkylation sites (N-methyl/N-ethyl adjacent to an activating group) is 1. The molecule has 5 nitrogen and oxygen atoms in total. The predicted octanol–water partition coefficient (Wildman–Crippen LogP) is -0.491. The van der Waals surface area contributed by atoms with Crippen LogP contribution in [0.3, 0.4) is 0 Å². The third kappa shape index (κ3) is 2.67. The Morgan fingerprint density at radius 2 is 2.43 bits per heavy atom. The van der Waals surface area contributed by atoms with E-state index in [1.807, 2.05) is 11.9 Å². The zero-order valence-electron chi connectivity index (χ0n) is 8.69. The van der Waals surface area contributed by atoms with Crippen molar-refractivity contribution >= 4 is 5.97 Å². The van der Waals surface area contributed by atoms with Crippen LogP contribution < -0.4 is 5.73 Å². The van der Waals surface area contributed by atoms with E-state index < -0.39 is 11.5 Å². The summed E-state index contributed by atoms with van der Waals surface area (Å²) >= 11 is 0. The third-order valence-corrected chi connectivity index (χ3v) is 2.60. The van der Waals surface area contributed by atoms with Gasteiger partial charge in [-0.05, 0) is 20.4 Å². The molecule has 2 atom stereocenters. The van der Waals surface area contributed by atoms with E-state index in [4.69, 9.17) is 15.6 Å². The number of rotatable bonds is 4. The summed E-state index contributed by atoms with van der Waals surface area (Å²) < 4.78 is 5.22. The molecule has 1 saturated heterocycles. The van der Waals surface area contributed by atoms with Crippen molar-refractivity contribution in [2.24, 2.45) is 5.73 Å². The zero-order chi connectivity index (χ0) is 10.8. The van der Waals surface area contributed by atoms with Crippen LogP contribution in [0.5, 0.6) is 0 Å². The van der Waals surface area contributed by atoms with E-state index in [9.17, 15) is 4.79 Å². The molecule has 2 unspecified atom stereocenters. The molecule has 0 amide bonds. The molecule has 0 aromatic heterocycles. The number of nitrogens with zero attached hydrogens (tertiary/aromatic N) is 1. The predicted molar refractivity (Wildman–Crippen MR) is 52.1 cm³/mol. The first-order valence-corrected chi connectivity index (χ1v) is 4.74. The molecular formula is C9H18N2O3. The number of carboxylic acids is 1. The van der Waals surface area contributed by atoms with Crippen LogP contribution in [0.2, 0.25) is 0 Å². The maximum absolute atomic E-state index is 10.8. The highest BCUT2D eigenvalue weighted by Crippen LogP contribution is 2.13. The van der Waals surface area contributed by atoms with Crippen molar-refractivity contribution in [1.82, 2.24) is 4.90 Å². The maximum atomic E-state index is 10.8. The second kappa shape index (κ2) is 4.25. The molecule has 0 bridgehead atoms. The first-order valence-electron chi connectivity index (χ1n) is 4.74. The second-order valence-corrected chi connectivity index (χ2v) is 4.16. The first kappa shape index (κ1) is 11.4. The zero-order valence-corrected chi connectivity index (χ0v) is 8.69. The molecule has 0 aliphatic carbocycles. The monoisotopic (exact) mass is 202 g/mol. The fraction of sp³-hybridized carbons (Fsp3) is 0.889. The first-order chi connectivity index (χ1) is 6.43. The van der Waals surface area contributed by atoms with Gasteiger partial charge >= 0.3 is 5.97 Å². The maximum Gasteiger partial charge on any atom is 0.324 e. The average Bonchev–Trinajstić information content (AvgIpc) is 2.54. The molecule has 1 rings (SSSR count). The van der Waals surface area contributed by atoms with Gasteiger partial charge in [0.2, 0.25) is 0 Å². The quantitative estimate of drug-likeness (QED) is 0.643. The fourth-order valence-corrected chi connectivity index (χ4v) is 1.58. The van der Waals surface area contributed by atoms with Gasteiger partial charge in [-0.15, -0.1) is 0 Å². The minimum Gasteiger partial charge on any atom is -0.480 e. The summed E-state index contributed by atoms with van der Waals surface area (Å²) in [6.07, 6.45) is 0.951. The molecule has 3 N–H and O–H groups in total. The standard InChI is InChI=1S/C9H18N2O3/c1-9(10,8(12)13)6-11(2)7-3-4-14-5-7/h7H,3-6,10H2,1-2H3,(H,12,13). The summed E-state index contributed by atoms with van der Waals surface area (Å²) in [5, 5.41) is 8.85. The lowest BCUT2D eigenvalue weighted by Crippen LogP contribution is -2.54. The fourth-order valence-electron chi connectivity index (χ4n) is 1.58. The van der Waals surface area contributed by atoms with E-state index in [2.05, 4.69) is 0 Å². The van der Waals surface area contributed by atoms with Crippen molar-refractivity contribution in [2.75, 3.05) is 26.8 Å². The number of ether oxygens (including phenoxy) is 1. The van der Waals surface area contributed by atoms with Gasteiger partial charge in [-0.25, -0.2) is 0 Å². The Kier molecular flexibility index (Phi) is 3.47. The van der Waals surface area contributed by atoms with Crippen LogP contribution in [-0.2, 0) is 9.53 Å². The molecule has 1 aliphatic heterocycles. The summed E-state index contributed by atoms with van der Waals surface area (Å²) in [5.41, 5.74) is 4.46. The lowest BCUT2D eigenvalue weighted by molar-refractivity contribution is -0.143. The topological polar surface area (TPSA) is 75.8 Å². The van der Waals surface area contributed by atoms with Gasteiger partial charge in [-0.3, -0.25) is 9.69 Å². The highest BCUT2D eigenvalue weighted by Gasteiger charge is 2.32. The highest BCUT2D eigenvalue weighted by atomic mass is 16.5. The van der Waals surface area contributed by atoms with Crippen LogP contribution >= 0.6 is 0 Å². The molecule has 0 spiro atoms. The molecule has 1 aliphatic rings. The lowest BCUT2D eigenvalue weighted by atomic mass is 10.0.